The molecule has 1 aliphatic carbocycles. The topological polar surface area (TPSA) is 17.0 Å². The van der Waals surface area contributed by atoms with Gasteiger partial charge in [-0.1, -0.05) is 23.7 Å². The van der Waals surface area contributed by atoms with Gasteiger partial charge in [0.1, 0.15) is 0 Å². The van der Waals surface area contributed by atoms with Crippen LogP contribution in [0.4, 0.5) is 0 Å². The van der Waals surface area contributed by atoms with Crippen LogP contribution in [0, 0.1) is 13.8 Å². The lowest BCUT2D eigenvalue weighted by atomic mass is 9.76. The third kappa shape index (κ3) is 2.50. The Morgan fingerprint density at radius 2 is 1.79 bits per heavy atom. The molecule has 0 atom stereocenters. The number of hydrogen-bond acceptors (Lipinski definition) is 1. The maximum absolute atomic E-state index is 6.04. The number of rotatable bonds is 3. The molecule has 0 aliphatic heterocycles. The Morgan fingerprint density at radius 3 is 2.42 bits per heavy atom. The van der Waals surface area contributed by atoms with Gasteiger partial charge in [0.25, 0.3) is 0 Å². The van der Waals surface area contributed by atoms with Crippen molar-refractivity contribution in [3.05, 3.63) is 58.4 Å². The van der Waals surface area contributed by atoms with E-state index < -0.39 is 0 Å². The fraction of sp³-hybridized carbons (Fsp3) is 0.375. The van der Waals surface area contributed by atoms with Gasteiger partial charge in [0.05, 0.1) is 0 Å². The minimum absolute atomic E-state index is 0.564. The highest BCUT2D eigenvalue weighted by atomic mass is 35.5. The van der Waals surface area contributed by atoms with E-state index in [-0.39, 0.29) is 0 Å². The first-order chi connectivity index (χ1) is 9.13. The van der Waals surface area contributed by atoms with Crippen LogP contribution in [0.1, 0.15) is 35.7 Å². The molecule has 0 bridgehead atoms. The van der Waals surface area contributed by atoms with E-state index in [1.165, 1.54) is 29.8 Å². The molecule has 3 rings (SSSR count). The Kier molecular flexibility index (Phi) is 3.28. The first kappa shape index (κ1) is 12.6. The minimum atomic E-state index is 0.564. The van der Waals surface area contributed by atoms with Crippen LogP contribution in [0.3, 0.4) is 0 Å². The van der Waals surface area contributed by atoms with Gasteiger partial charge in [-0.05, 0) is 62.4 Å². The lowest BCUT2D eigenvalue weighted by molar-refractivity contribution is 0.350. The van der Waals surface area contributed by atoms with Gasteiger partial charge in [0.2, 0.25) is 0 Å². The summed E-state index contributed by atoms with van der Waals surface area (Å²) in [6, 6.07) is 13.1. The molecule has 0 amide bonds. The predicted octanol–water partition coefficient (Wildman–Crippen LogP) is 4.25. The van der Waals surface area contributed by atoms with Gasteiger partial charge in [0, 0.05) is 22.5 Å². The van der Waals surface area contributed by atoms with Crippen LogP contribution < -0.4 is 5.43 Å². The number of aromatic nitrogens is 1. The van der Waals surface area contributed by atoms with Gasteiger partial charge in [-0.15, -0.1) is 0 Å². The Bertz CT molecular complexity index is 563. The first-order valence-corrected chi connectivity index (χ1v) is 7.18. The smallest absolute Gasteiger partial charge is 0.0436 e. The molecule has 100 valence electrons. The molecule has 2 aromatic rings. The number of aryl methyl sites for hydroxylation is 2. The van der Waals surface area contributed by atoms with E-state index in [0.717, 1.165) is 5.02 Å². The molecule has 0 saturated heterocycles. The van der Waals surface area contributed by atoms with E-state index in [4.69, 9.17) is 11.6 Å². The van der Waals surface area contributed by atoms with Gasteiger partial charge >= 0.3 is 0 Å². The van der Waals surface area contributed by atoms with Crippen molar-refractivity contribution in [1.29, 1.82) is 0 Å². The standard InChI is InChI=1S/C16H19ClN2/c1-11-6-7-12(2)19(11)18-16-9-14(10-16)13-4-3-5-15(17)8-13/h3-8,14,16,18H,9-10H2,1-2H3. The molecule has 1 heterocycles. The van der Waals surface area contributed by atoms with Crippen molar-refractivity contribution >= 4 is 11.6 Å². The molecule has 1 fully saturated rings. The summed E-state index contributed by atoms with van der Waals surface area (Å²) in [5.41, 5.74) is 7.49. The fourth-order valence-electron chi connectivity index (χ4n) is 2.81. The predicted molar refractivity (Wildman–Crippen MR) is 80.5 cm³/mol. The first-order valence-electron chi connectivity index (χ1n) is 6.80. The van der Waals surface area contributed by atoms with Gasteiger partial charge in [-0.3, -0.25) is 4.68 Å². The third-order valence-electron chi connectivity index (χ3n) is 4.04. The molecule has 2 nitrogen and oxygen atoms in total. The highest BCUT2D eigenvalue weighted by Gasteiger charge is 2.30. The van der Waals surface area contributed by atoms with Crippen molar-refractivity contribution in [2.45, 2.75) is 38.6 Å². The second kappa shape index (κ2) is 4.93. The fourth-order valence-corrected chi connectivity index (χ4v) is 3.01. The highest BCUT2D eigenvalue weighted by molar-refractivity contribution is 6.30. The zero-order chi connectivity index (χ0) is 13.4. The van der Waals surface area contributed by atoms with Gasteiger partial charge < -0.3 is 5.43 Å². The molecule has 1 aromatic heterocycles. The summed E-state index contributed by atoms with van der Waals surface area (Å²) < 4.78 is 2.19. The maximum Gasteiger partial charge on any atom is 0.0436 e. The van der Waals surface area contributed by atoms with Gasteiger partial charge in [-0.25, -0.2) is 0 Å². The van der Waals surface area contributed by atoms with Crippen molar-refractivity contribution in [2.24, 2.45) is 0 Å². The van der Waals surface area contributed by atoms with E-state index >= 15 is 0 Å². The summed E-state index contributed by atoms with van der Waals surface area (Å²) >= 11 is 6.04. The lowest BCUT2D eigenvalue weighted by Crippen LogP contribution is -2.39. The minimum Gasteiger partial charge on any atom is -0.323 e. The number of halogens is 1. The second-order valence-corrected chi connectivity index (χ2v) is 5.94. The quantitative estimate of drug-likeness (QED) is 0.885. The van der Waals surface area contributed by atoms with E-state index in [2.05, 4.69) is 48.2 Å². The van der Waals surface area contributed by atoms with Crippen molar-refractivity contribution < 1.29 is 0 Å². The maximum atomic E-state index is 6.04. The molecule has 1 aliphatic rings. The Labute approximate surface area is 119 Å². The largest absolute Gasteiger partial charge is 0.323 e. The van der Waals surface area contributed by atoms with Crippen molar-refractivity contribution in [1.82, 2.24) is 4.68 Å². The van der Waals surface area contributed by atoms with Crippen LogP contribution in [-0.4, -0.2) is 10.7 Å². The van der Waals surface area contributed by atoms with Crippen molar-refractivity contribution in [3.8, 4) is 0 Å². The normalized spacial score (nSPS) is 22.1. The number of nitrogens with one attached hydrogen (secondary N) is 1. The summed E-state index contributed by atoms with van der Waals surface area (Å²) in [6.45, 7) is 4.26. The van der Waals surface area contributed by atoms with Crippen molar-refractivity contribution in [3.63, 3.8) is 0 Å². The molecular weight excluding hydrogens is 256 g/mol. The monoisotopic (exact) mass is 274 g/mol. The summed E-state index contributed by atoms with van der Waals surface area (Å²) in [4.78, 5) is 0. The van der Waals surface area contributed by atoms with E-state index in [1.54, 1.807) is 0 Å². The average Bonchev–Trinajstić information content (AvgIpc) is 2.64. The molecule has 1 saturated carbocycles. The number of hydrogen-bond donors (Lipinski definition) is 1. The molecule has 0 unspecified atom stereocenters. The Hall–Kier alpha value is -1.41. The summed E-state index contributed by atoms with van der Waals surface area (Å²) in [5, 5.41) is 0.839. The van der Waals surface area contributed by atoms with Crippen LogP contribution in [0.2, 0.25) is 5.02 Å². The highest BCUT2D eigenvalue weighted by Crippen LogP contribution is 2.38. The summed E-state index contributed by atoms with van der Waals surface area (Å²) in [6.07, 6.45) is 2.36. The zero-order valence-electron chi connectivity index (χ0n) is 11.4. The number of benzene rings is 1. The molecule has 3 heteroatoms. The lowest BCUT2D eigenvalue weighted by Gasteiger charge is -2.37. The van der Waals surface area contributed by atoms with Crippen LogP contribution in [0.5, 0.6) is 0 Å². The zero-order valence-corrected chi connectivity index (χ0v) is 12.1. The second-order valence-electron chi connectivity index (χ2n) is 5.50. The van der Waals surface area contributed by atoms with E-state index in [9.17, 15) is 0 Å². The molecule has 0 spiro atoms. The third-order valence-corrected chi connectivity index (χ3v) is 4.28. The van der Waals surface area contributed by atoms with E-state index in [0.29, 0.717) is 12.0 Å². The SMILES string of the molecule is Cc1ccc(C)n1NC1CC(c2cccc(Cl)c2)C1. The van der Waals surface area contributed by atoms with Crippen LogP contribution >= 0.6 is 11.6 Å². The molecule has 0 radical (unpaired) electrons. The van der Waals surface area contributed by atoms with E-state index in [1.807, 2.05) is 12.1 Å². The molecular formula is C16H19ClN2. The molecule has 19 heavy (non-hydrogen) atoms. The van der Waals surface area contributed by atoms with Gasteiger partial charge in [0.15, 0.2) is 0 Å². The molecule has 1 aromatic carbocycles. The Morgan fingerprint density at radius 1 is 1.11 bits per heavy atom. The number of nitrogens with zero attached hydrogens (tertiary/aromatic N) is 1. The molecule has 1 N–H and O–H groups in total. The average molecular weight is 275 g/mol. The van der Waals surface area contributed by atoms with Crippen LogP contribution in [0.15, 0.2) is 36.4 Å². The van der Waals surface area contributed by atoms with Crippen molar-refractivity contribution in [2.75, 3.05) is 5.43 Å². The Balaban J connectivity index is 1.62. The summed E-state index contributed by atoms with van der Waals surface area (Å²) in [7, 11) is 0. The van der Waals surface area contributed by atoms with Crippen LogP contribution in [-0.2, 0) is 0 Å². The van der Waals surface area contributed by atoms with Crippen LogP contribution in [0.25, 0.3) is 0 Å². The van der Waals surface area contributed by atoms with Gasteiger partial charge in [-0.2, -0.15) is 0 Å². The summed E-state index contributed by atoms with van der Waals surface area (Å²) in [5.74, 6) is 0.646.